The highest BCUT2D eigenvalue weighted by Crippen LogP contribution is 2.38. The van der Waals surface area contributed by atoms with E-state index in [1.807, 2.05) is 0 Å². The van der Waals surface area contributed by atoms with Crippen molar-refractivity contribution in [3.63, 3.8) is 0 Å². The Morgan fingerprint density at radius 2 is 1.72 bits per heavy atom. The quantitative estimate of drug-likeness (QED) is 0.365. The molecule has 2 aromatic rings. The number of hydrogen-bond donors (Lipinski definition) is 3. The molecule has 0 unspecified atom stereocenters. The second-order valence-corrected chi connectivity index (χ2v) is 7.60. The Balaban J connectivity index is 1.80. The van der Waals surface area contributed by atoms with Crippen LogP contribution in [0.5, 0.6) is 0 Å². The van der Waals surface area contributed by atoms with Crippen molar-refractivity contribution in [1.82, 2.24) is 5.32 Å². The van der Waals surface area contributed by atoms with E-state index in [0.29, 0.717) is 10.6 Å². The molecule has 1 aromatic heterocycles. The smallest absolute Gasteiger partial charge is 0.277 e. The number of nitrogens with two attached hydrogens (primary N) is 1. The van der Waals surface area contributed by atoms with Crippen LogP contribution < -0.4 is 16.4 Å². The van der Waals surface area contributed by atoms with Crippen LogP contribution in [0.3, 0.4) is 0 Å². The maximum absolute atomic E-state index is 12.4. The molecular formula is C16H13N5O6S2. The van der Waals surface area contributed by atoms with Gasteiger partial charge in [-0.3, -0.25) is 35.1 Å². The lowest BCUT2D eigenvalue weighted by molar-refractivity contribution is -0.394. The molecule has 0 aliphatic heterocycles. The van der Waals surface area contributed by atoms with Gasteiger partial charge in [-0.1, -0.05) is 0 Å². The molecule has 1 aliphatic rings. The number of aryl methyl sites for hydroxylation is 1. The Hall–Kier alpha value is -3.45. The molecule has 0 atom stereocenters. The number of nitro groups is 2. The summed E-state index contributed by atoms with van der Waals surface area (Å²) in [7, 11) is 0. The number of fused-ring (bicyclic) bond motifs is 1. The summed E-state index contributed by atoms with van der Waals surface area (Å²) in [6, 6.07) is 2.55. The van der Waals surface area contributed by atoms with Crippen molar-refractivity contribution in [3.8, 4) is 0 Å². The molecule has 4 N–H and O–H groups in total. The van der Waals surface area contributed by atoms with Crippen LogP contribution in [0.25, 0.3) is 0 Å². The van der Waals surface area contributed by atoms with Gasteiger partial charge in [0, 0.05) is 17.0 Å². The van der Waals surface area contributed by atoms with Crippen LogP contribution in [0.15, 0.2) is 18.2 Å². The van der Waals surface area contributed by atoms with Gasteiger partial charge in [0.25, 0.3) is 23.2 Å². The molecule has 3 rings (SSSR count). The summed E-state index contributed by atoms with van der Waals surface area (Å²) in [5, 5.41) is 27.2. The summed E-state index contributed by atoms with van der Waals surface area (Å²) in [4.78, 5) is 45.4. The Kier molecular flexibility index (Phi) is 5.52. The van der Waals surface area contributed by atoms with E-state index in [9.17, 15) is 29.8 Å². The molecule has 0 radical (unpaired) electrons. The number of nitrogens with one attached hydrogen (secondary N) is 2. The van der Waals surface area contributed by atoms with Gasteiger partial charge in [-0.05, 0) is 37.0 Å². The van der Waals surface area contributed by atoms with E-state index < -0.39 is 33.0 Å². The van der Waals surface area contributed by atoms with Gasteiger partial charge < -0.3 is 11.1 Å². The SMILES string of the molecule is NC(=O)c1c(NC(=S)NC(=O)c2cc([N+](=O)[O-])cc([N+](=O)[O-])c2)sc2c1CCC2. The zero-order valence-corrected chi connectivity index (χ0v) is 16.2. The van der Waals surface area contributed by atoms with Crippen molar-refractivity contribution in [2.24, 2.45) is 5.73 Å². The van der Waals surface area contributed by atoms with E-state index >= 15 is 0 Å². The first-order valence-electron chi connectivity index (χ1n) is 8.18. The van der Waals surface area contributed by atoms with Crippen LogP contribution in [-0.4, -0.2) is 26.8 Å². The van der Waals surface area contributed by atoms with Crippen LogP contribution in [0, 0.1) is 20.2 Å². The van der Waals surface area contributed by atoms with E-state index in [1.54, 1.807) is 0 Å². The fraction of sp³-hybridized carbons (Fsp3) is 0.188. The molecule has 0 bridgehead atoms. The van der Waals surface area contributed by atoms with Crippen LogP contribution in [0.4, 0.5) is 16.4 Å². The third-order valence-electron chi connectivity index (χ3n) is 4.21. The molecule has 1 aliphatic carbocycles. The normalized spacial score (nSPS) is 12.1. The van der Waals surface area contributed by atoms with Crippen LogP contribution in [0.2, 0.25) is 0 Å². The predicted molar refractivity (Wildman–Crippen MR) is 108 cm³/mol. The number of nitrogens with zero attached hydrogens (tertiary/aromatic N) is 2. The molecule has 0 spiro atoms. The summed E-state index contributed by atoms with van der Waals surface area (Å²) >= 11 is 6.39. The Labute approximate surface area is 172 Å². The molecule has 150 valence electrons. The number of non-ortho nitro benzene ring substituents is 2. The number of benzene rings is 1. The first-order chi connectivity index (χ1) is 13.7. The minimum Gasteiger partial charge on any atom is -0.365 e. The number of anilines is 1. The first kappa shape index (κ1) is 20.3. The molecule has 0 fully saturated rings. The lowest BCUT2D eigenvalue weighted by Crippen LogP contribution is -2.34. The lowest BCUT2D eigenvalue weighted by atomic mass is 10.1. The molecule has 13 heteroatoms. The minimum absolute atomic E-state index is 0.174. The topological polar surface area (TPSA) is 170 Å². The predicted octanol–water partition coefficient (Wildman–Crippen LogP) is 2.28. The number of amides is 2. The average molecular weight is 435 g/mol. The average Bonchev–Trinajstić information content (AvgIpc) is 3.21. The largest absolute Gasteiger partial charge is 0.365 e. The van der Waals surface area contributed by atoms with Gasteiger partial charge in [0.2, 0.25) is 0 Å². The lowest BCUT2D eigenvalue weighted by Gasteiger charge is -2.10. The van der Waals surface area contributed by atoms with Crippen LogP contribution in [-0.2, 0) is 12.8 Å². The van der Waals surface area contributed by atoms with Crippen molar-refractivity contribution in [3.05, 3.63) is 60.0 Å². The number of primary amides is 1. The summed E-state index contributed by atoms with van der Waals surface area (Å²) in [6.45, 7) is 0. The highest BCUT2D eigenvalue weighted by molar-refractivity contribution is 7.80. The van der Waals surface area contributed by atoms with Crippen LogP contribution in [0.1, 0.15) is 37.6 Å². The third kappa shape index (κ3) is 4.20. The highest BCUT2D eigenvalue weighted by Gasteiger charge is 2.26. The Bertz CT molecular complexity index is 1050. The number of carbonyl (C=O) groups excluding carboxylic acids is 2. The third-order valence-corrected chi connectivity index (χ3v) is 5.62. The number of nitro benzene ring substituents is 2. The zero-order chi connectivity index (χ0) is 21.3. The van der Waals surface area contributed by atoms with E-state index in [0.717, 1.165) is 47.9 Å². The zero-order valence-electron chi connectivity index (χ0n) is 14.6. The van der Waals surface area contributed by atoms with Crippen molar-refractivity contribution < 1.29 is 19.4 Å². The van der Waals surface area contributed by atoms with E-state index in [4.69, 9.17) is 18.0 Å². The minimum atomic E-state index is -0.876. The second-order valence-electron chi connectivity index (χ2n) is 6.09. The Morgan fingerprint density at radius 3 is 2.28 bits per heavy atom. The van der Waals surface area contributed by atoms with Crippen LogP contribution >= 0.6 is 23.6 Å². The standard InChI is InChI=1S/C16H13N5O6S2/c17-13(22)12-10-2-1-3-11(10)29-15(12)19-16(28)18-14(23)7-4-8(20(24)25)6-9(5-7)21(26)27/h4-6H,1-3H2,(H2,17,22)(H2,18,19,23,28). The monoisotopic (exact) mass is 435 g/mol. The number of thiocarbonyl (C=S) groups is 1. The molecular weight excluding hydrogens is 422 g/mol. The summed E-state index contributed by atoms with van der Waals surface area (Å²) in [6.07, 6.45) is 2.47. The van der Waals surface area contributed by atoms with Gasteiger partial charge in [0.1, 0.15) is 5.00 Å². The molecule has 0 saturated carbocycles. The van der Waals surface area contributed by atoms with Crippen molar-refractivity contribution >= 4 is 56.9 Å². The molecule has 1 heterocycles. The van der Waals surface area contributed by atoms with Gasteiger partial charge in [0.15, 0.2) is 5.11 Å². The van der Waals surface area contributed by atoms with Crippen molar-refractivity contribution in [1.29, 1.82) is 0 Å². The molecule has 2 amide bonds. The number of carbonyl (C=O) groups is 2. The van der Waals surface area contributed by atoms with Crippen molar-refractivity contribution in [2.75, 3.05) is 5.32 Å². The maximum atomic E-state index is 12.4. The number of rotatable bonds is 5. The number of hydrogen-bond acceptors (Lipinski definition) is 8. The number of thiophene rings is 1. The van der Waals surface area contributed by atoms with Gasteiger partial charge in [0.05, 0.1) is 27.0 Å². The Morgan fingerprint density at radius 1 is 1.10 bits per heavy atom. The summed E-state index contributed by atoms with van der Waals surface area (Å²) in [5.74, 6) is -1.49. The van der Waals surface area contributed by atoms with Gasteiger partial charge in [-0.2, -0.15) is 0 Å². The second kappa shape index (κ2) is 7.89. The maximum Gasteiger partial charge on any atom is 0.277 e. The fourth-order valence-corrected chi connectivity index (χ4v) is 4.56. The van der Waals surface area contributed by atoms with Gasteiger partial charge >= 0.3 is 0 Å². The molecule has 0 saturated heterocycles. The van der Waals surface area contributed by atoms with Crippen molar-refractivity contribution in [2.45, 2.75) is 19.3 Å². The van der Waals surface area contributed by atoms with E-state index in [2.05, 4.69) is 10.6 Å². The molecule has 11 nitrogen and oxygen atoms in total. The fourth-order valence-electron chi connectivity index (χ4n) is 3.00. The summed E-state index contributed by atoms with van der Waals surface area (Å²) in [5.41, 5.74) is 5.14. The van der Waals surface area contributed by atoms with Gasteiger partial charge in [-0.15, -0.1) is 11.3 Å². The van der Waals surface area contributed by atoms with Gasteiger partial charge in [-0.25, -0.2) is 0 Å². The van der Waals surface area contributed by atoms with E-state index in [1.165, 1.54) is 11.3 Å². The highest BCUT2D eigenvalue weighted by atomic mass is 32.1. The molecule has 1 aromatic carbocycles. The summed E-state index contributed by atoms with van der Waals surface area (Å²) < 4.78 is 0. The molecule has 29 heavy (non-hydrogen) atoms. The first-order valence-corrected chi connectivity index (χ1v) is 9.40. The van der Waals surface area contributed by atoms with E-state index in [-0.39, 0.29) is 10.7 Å².